The number of rotatable bonds is 5. The first-order chi connectivity index (χ1) is 8.47. The standard InChI is InChI=1S/C15H24N2O.ClH/c1-11(2)13-7-6-8-14(9-13)17(5)15(18)12(3)10-16-4;/h6-9,11-12,16H,10H2,1-5H3;1H. The number of carbonyl (C=O) groups is 1. The minimum absolute atomic E-state index is 0. The normalized spacial score (nSPS) is 11.9. The van der Waals surface area contributed by atoms with Crippen molar-refractivity contribution in [3.8, 4) is 0 Å². The van der Waals surface area contributed by atoms with Gasteiger partial charge in [0.25, 0.3) is 0 Å². The quantitative estimate of drug-likeness (QED) is 0.901. The van der Waals surface area contributed by atoms with Gasteiger partial charge in [0.1, 0.15) is 0 Å². The minimum Gasteiger partial charge on any atom is -0.319 e. The van der Waals surface area contributed by atoms with Crippen molar-refractivity contribution in [2.75, 3.05) is 25.5 Å². The third-order valence-electron chi connectivity index (χ3n) is 3.19. The van der Waals surface area contributed by atoms with Crippen LogP contribution in [0.2, 0.25) is 0 Å². The van der Waals surface area contributed by atoms with Crippen LogP contribution in [0, 0.1) is 5.92 Å². The summed E-state index contributed by atoms with van der Waals surface area (Å²) in [4.78, 5) is 13.9. The molecule has 1 atom stereocenters. The Morgan fingerprint density at radius 2 is 1.95 bits per heavy atom. The highest BCUT2D eigenvalue weighted by molar-refractivity contribution is 5.94. The number of hydrogen-bond donors (Lipinski definition) is 1. The van der Waals surface area contributed by atoms with Crippen molar-refractivity contribution in [1.82, 2.24) is 5.32 Å². The summed E-state index contributed by atoms with van der Waals surface area (Å²) in [6.07, 6.45) is 0. The molecular formula is C15H25ClN2O. The lowest BCUT2D eigenvalue weighted by molar-refractivity contribution is -0.121. The summed E-state index contributed by atoms with van der Waals surface area (Å²) in [7, 11) is 3.71. The number of nitrogens with zero attached hydrogens (tertiary/aromatic N) is 1. The maximum absolute atomic E-state index is 12.2. The third-order valence-corrected chi connectivity index (χ3v) is 3.19. The average molecular weight is 285 g/mol. The van der Waals surface area contributed by atoms with Gasteiger partial charge >= 0.3 is 0 Å². The predicted octanol–water partition coefficient (Wildman–Crippen LogP) is 3.05. The van der Waals surface area contributed by atoms with E-state index < -0.39 is 0 Å². The van der Waals surface area contributed by atoms with E-state index in [1.807, 2.05) is 33.2 Å². The molecule has 1 amide bonds. The zero-order valence-corrected chi connectivity index (χ0v) is 13.3. The van der Waals surface area contributed by atoms with Crippen LogP contribution in [-0.4, -0.2) is 26.5 Å². The van der Waals surface area contributed by atoms with Gasteiger partial charge in [-0.1, -0.05) is 32.9 Å². The lowest BCUT2D eigenvalue weighted by Gasteiger charge is -2.22. The number of carbonyl (C=O) groups excluding carboxylic acids is 1. The molecule has 3 nitrogen and oxygen atoms in total. The van der Waals surface area contributed by atoms with Crippen molar-refractivity contribution < 1.29 is 4.79 Å². The summed E-state index contributed by atoms with van der Waals surface area (Å²) < 4.78 is 0. The Labute approximate surface area is 122 Å². The van der Waals surface area contributed by atoms with Gasteiger partial charge in [-0.15, -0.1) is 12.4 Å². The second-order valence-electron chi connectivity index (χ2n) is 5.11. The summed E-state index contributed by atoms with van der Waals surface area (Å²) in [6, 6.07) is 8.19. The highest BCUT2D eigenvalue weighted by atomic mass is 35.5. The molecule has 0 radical (unpaired) electrons. The van der Waals surface area contributed by atoms with Crippen LogP contribution in [-0.2, 0) is 4.79 Å². The molecule has 0 spiro atoms. The zero-order chi connectivity index (χ0) is 13.7. The van der Waals surface area contributed by atoms with Crippen LogP contribution >= 0.6 is 12.4 Å². The van der Waals surface area contributed by atoms with Crippen LogP contribution in [0.5, 0.6) is 0 Å². The van der Waals surface area contributed by atoms with Crippen molar-refractivity contribution in [2.45, 2.75) is 26.7 Å². The summed E-state index contributed by atoms with van der Waals surface area (Å²) in [6.45, 7) is 6.96. The number of benzene rings is 1. The molecule has 0 heterocycles. The van der Waals surface area contributed by atoms with Crippen molar-refractivity contribution in [3.63, 3.8) is 0 Å². The van der Waals surface area contributed by atoms with Gasteiger partial charge in [0.15, 0.2) is 0 Å². The molecule has 1 rings (SSSR count). The summed E-state index contributed by atoms with van der Waals surface area (Å²) in [5.41, 5.74) is 2.22. The van der Waals surface area contributed by atoms with E-state index in [9.17, 15) is 4.79 Å². The van der Waals surface area contributed by atoms with Gasteiger partial charge in [0.2, 0.25) is 5.91 Å². The zero-order valence-electron chi connectivity index (χ0n) is 12.4. The molecule has 0 aliphatic rings. The molecule has 1 aromatic carbocycles. The molecule has 1 N–H and O–H groups in total. The van der Waals surface area contributed by atoms with Crippen LogP contribution in [0.3, 0.4) is 0 Å². The lowest BCUT2D eigenvalue weighted by atomic mass is 10.0. The SMILES string of the molecule is CNCC(C)C(=O)N(C)c1cccc(C(C)C)c1.Cl. The Kier molecular flexibility index (Phi) is 7.72. The second kappa shape index (κ2) is 8.18. The van der Waals surface area contributed by atoms with E-state index in [1.54, 1.807) is 4.90 Å². The number of amides is 1. The molecule has 0 aliphatic heterocycles. The van der Waals surface area contributed by atoms with Gasteiger partial charge < -0.3 is 10.2 Å². The van der Waals surface area contributed by atoms with Gasteiger partial charge in [-0.25, -0.2) is 0 Å². The molecule has 1 unspecified atom stereocenters. The van der Waals surface area contributed by atoms with Crippen LogP contribution < -0.4 is 10.2 Å². The molecule has 0 bridgehead atoms. The molecule has 1 aromatic rings. The van der Waals surface area contributed by atoms with E-state index in [1.165, 1.54) is 5.56 Å². The second-order valence-corrected chi connectivity index (χ2v) is 5.11. The molecule has 0 fully saturated rings. The Morgan fingerprint density at radius 3 is 2.47 bits per heavy atom. The monoisotopic (exact) mass is 284 g/mol. The topological polar surface area (TPSA) is 32.3 Å². The van der Waals surface area contributed by atoms with Gasteiger partial charge in [0.05, 0.1) is 0 Å². The highest BCUT2D eigenvalue weighted by Gasteiger charge is 2.18. The van der Waals surface area contributed by atoms with E-state index in [0.29, 0.717) is 12.5 Å². The molecule has 4 heteroatoms. The number of anilines is 1. The Morgan fingerprint density at radius 1 is 1.32 bits per heavy atom. The fraction of sp³-hybridized carbons (Fsp3) is 0.533. The molecule has 0 saturated heterocycles. The molecular weight excluding hydrogens is 260 g/mol. The molecule has 108 valence electrons. The van der Waals surface area contributed by atoms with Crippen LogP contribution in [0.4, 0.5) is 5.69 Å². The van der Waals surface area contributed by atoms with Crippen LogP contribution in [0.1, 0.15) is 32.3 Å². The average Bonchev–Trinajstić information content (AvgIpc) is 2.37. The van der Waals surface area contributed by atoms with E-state index in [-0.39, 0.29) is 24.2 Å². The third kappa shape index (κ3) is 4.84. The maximum atomic E-state index is 12.2. The Bertz CT molecular complexity index is 407. The summed E-state index contributed by atoms with van der Waals surface area (Å²) in [5.74, 6) is 0.608. The maximum Gasteiger partial charge on any atom is 0.230 e. The van der Waals surface area contributed by atoms with E-state index in [4.69, 9.17) is 0 Å². The predicted molar refractivity (Wildman–Crippen MR) is 84.3 cm³/mol. The molecule has 19 heavy (non-hydrogen) atoms. The van der Waals surface area contributed by atoms with Crippen molar-refractivity contribution in [2.24, 2.45) is 5.92 Å². The van der Waals surface area contributed by atoms with E-state index >= 15 is 0 Å². The van der Waals surface area contributed by atoms with Crippen LogP contribution in [0.25, 0.3) is 0 Å². The van der Waals surface area contributed by atoms with E-state index in [0.717, 1.165) is 5.69 Å². The number of halogens is 1. The Hall–Kier alpha value is -1.06. The largest absolute Gasteiger partial charge is 0.319 e. The molecule has 0 aliphatic carbocycles. The number of nitrogens with one attached hydrogen (secondary N) is 1. The smallest absolute Gasteiger partial charge is 0.230 e. The first-order valence-corrected chi connectivity index (χ1v) is 6.49. The van der Waals surface area contributed by atoms with Crippen molar-refractivity contribution >= 4 is 24.0 Å². The van der Waals surface area contributed by atoms with Crippen molar-refractivity contribution in [1.29, 1.82) is 0 Å². The van der Waals surface area contributed by atoms with Gasteiger partial charge in [-0.2, -0.15) is 0 Å². The fourth-order valence-corrected chi connectivity index (χ4v) is 1.94. The Balaban J connectivity index is 0.00000324. The first-order valence-electron chi connectivity index (χ1n) is 6.49. The number of hydrogen-bond acceptors (Lipinski definition) is 2. The van der Waals surface area contributed by atoms with Gasteiger partial charge in [0, 0.05) is 25.2 Å². The summed E-state index contributed by atoms with van der Waals surface area (Å²) in [5, 5.41) is 3.04. The highest BCUT2D eigenvalue weighted by Crippen LogP contribution is 2.21. The van der Waals surface area contributed by atoms with Crippen molar-refractivity contribution in [3.05, 3.63) is 29.8 Å². The fourth-order valence-electron chi connectivity index (χ4n) is 1.94. The molecule has 0 saturated carbocycles. The van der Waals surface area contributed by atoms with Gasteiger partial charge in [-0.3, -0.25) is 4.79 Å². The van der Waals surface area contributed by atoms with Crippen LogP contribution in [0.15, 0.2) is 24.3 Å². The first kappa shape index (κ1) is 17.9. The minimum atomic E-state index is -0.0114. The van der Waals surface area contributed by atoms with E-state index in [2.05, 4.69) is 31.3 Å². The van der Waals surface area contributed by atoms with Gasteiger partial charge in [-0.05, 0) is 30.7 Å². The summed E-state index contributed by atoms with van der Waals surface area (Å²) >= 11 is 0. The molecule has 0 aromatic heterocycles. The lowest BCUT2D eigenvalue weighted by Crippen LogP contribution is -2.36.